The minimum atomic E-state index is -4.34. The van der Waals surface area contributed by atoms with Crippen molar-refractivity contribution in [3.8, 4) is 0 Å². The zero-order valence-corrected chi connectivity index (χ0v) is 16.4. The third kappa shape index (κ3) is 7.17. The van der Waals surface area contributed by atoms with E-state index in [1.807, 2.05) is 6.92 Å². The van der Waals surface area contributed by atoms with Crippen molar-refractivity contribution in [1.29, 1.82) is 0 Å². The first-order valence-corrected chi connectivity index (χ1v) is 9.32. The fourth-order valence-electron chi connectivity index (χ4n) is 2.49. The molecule has 0 bridgehead atoms. The van der Waals surface area contributed by atoms with Crippen molar-refractivity contribution in [2.24, 2.45) is 4.99 Å². The molecule has 1 aromatic carbocycles. The van der Waals surface area contributed by atoms with Crippen LogP contribution in [0.3, 0.4) is 0 Å². The summed E-state index contributed by atoms with van der Waals surface area (Å²) in [5, 5.41) is 8.99. The standard InChI is InChI=1S/C20H25F3N4O2/c1-3-24-19(27-13-15-5-7-16(8-6-15)20(21,22)23)26-11-4-10-25-18(28)17-14(2)9-12-29-17/h5-9,12H,3-4,10-11,13H2,1-2H3,(H,25,28)(H2,24,26,27). The van der Waals surface area contributed by atoms with Crippen LogP contribution in [0.2, 0.25) is 0 Å². The van der Waals surface area contributed by atoms with Gasteiger partial charge in [-0.15, -0.1) is 0 Å². The van der Waals surface area contributed by atoms with Crippen LogP contribution in [0.1, 0.15) is 40.6 Å². The Morgan fingerprint density at radius 3 is 2.34 bits per heavy atom. The van der Waals surface area contributed by atoms with Crippen LogP contribution >= 0.6 is 0 Å². The van der Waals surface area contributed by atoms with Crippen LogP contribution in [0, 0.1) is 6.92 Å². The van der Waals surface area contributed by atoms with E-state index in [0.717, 1.165) is 17.7 Å². The van der Waals surface area contributed by atoms with E-state index in [1.54, 1.807) is 13.0 Å². The number of alkyl halides is 3. The molecule has 0 radical (unpaired) electrons. The first-order chi connectivity index (χ1) is 13.8. The number of rotatable bonds is 8. The Labute approximate surface area is 167 Å². The second-order valence-electron chi connectivity index (χ2n) is 6.36. The predicted octanol–water partition coefficient (Wildman–Crippen LogP) is 3.48. The van der Waals surface area contributed by atoms with Gasteiger partial charge in [-0.25, -0.2) is 4.99 Å². The van der Waals surface area contributed by atoms with E-state index in [0.29, 0.717) is 43.3 Å². The average molecular weight is 410 g/mol. The normalized spacial score (nSPS) is 12.0. The number of aryl methyl sites for hydroxylation is 1. The Morgan fingerprint density at radius 2 is 1.76 bits per heavy atom. The van der Waals surface area contributed by atoms with E-state index in [1.165, 1.54) is 18.4 Å². The number of carbonyl (C=O) groups excluding carboxylic acids is 1. The number of benzene rings is 1. The molecule has 2 aromatic rings. The van der Waals surface area contributed by atoms with Crippen LogP contribution in [0.5, 0.6) is 0 Å². The number of furan rings is 1. The van der Waals surface area contributed by atoms with Gasteiger partial charge in [0.15, 0.2) is 11.7 Å². The summed E-state index contributed by atoms with van der Waals surface area (Å²) in [6.07, 6.45) is -2.21. The maximum atomic E-state index is 12.6. The Morgan fingerprint density at radius 1 is 1.07 bits per heavy atom. The Balaban J connectivity index is 1.77. The zero-order chi connectivity index (χ0) is 21.3. The first-order valence-electron chi connectivity index (χ1n) is 9.32. The minimum absolute atomic E-state index is 0.252. The van der Waals surface area contributed by atoms with Gasteiger partial charge in [0.2, 0.25) is 0 Å². The van der Waals surface area contributed by atoms with Gasteiger partial charge in [-0.1, -0.05) is 12.1 Å². The Bertz CT molecular complexity index is 814. The lowest BCUT2D eigenvalue weighted by molar-refractivity contribution is -0.137. The van der Waals surface area contributed by atoms with E-state index >= 15 is 0 Å². The summed E-state index contributed by atoms with van der Waals surface area (Å²) in [6.45, 7) is 5.65. The second kappa shape index (κ2) is 10.5. The molecule has 0 atom stereocenters. The van der Waals surface area contributed by atoms with Crippen molar-refractivity contribution in [2.45, 2.75) is 33.0 Å². The molecule has 1 heterocycles. The van der Waals surface area contributed by atoms with Crippen molar-refractivity contribution >= 4 is 11.9 Å². The lowest BCUT2D eigenvalue weighted by Crippen LogP contribution is -2.38. The molecule has 2 rings (SSSR count). The number of hydrogen-bond acceptors (Lipinski definition) is 3. The molecule has 6 nitrogen and oxygen atoms in total. The summed E-state index contributed by atoms with van der Waals surface area (Å²) in [4.78, 5) is 16.3. The quantitative estimate of drug-likeness (QED) is 0.354. The Hall–Kier alpha value is -2.97. The van der Waals surface area contributed by atoms with Gasteiger partial charge < -0.3 is 20.4 Å². The molecular formula is C20H25F3N4O2. The number of aliphatic imine (C=N–C) groups is 1. The average Bonchev–Trinajstić information content (AvgIpc) is 3.11. The lowest BCUT2D eigenvalue weighted by atomic mass is 10.1. The molecule has 1 aromatic heterocycles. The molecule has 0 spiro atoms. The molecular weight excluding hydrogens is 385 g/mol. The predicted molar refractivity (Wildman–Crippen MR) is 105 cm³/mol. The molecule has 0 aliphatic rings. The highest BCUT2D eigenvalue weighted by Gasteiger charge is 2.29. The molecule has 0 saturated carbocycles. The van der Waals surface area contributed by atoms with Gasteiger partial charge in [-0.05, 0) is 44.0 Å². The van der Waals surface area contributed by atoms with Crippen molar-refractivity contribution < 1.29 is 22.4 Å². The summed E-state index contributed by atoms with van der Waals surface area (Å²) < 4.78 is 43.0. The second-order valence-corrected chi connectivity index (χ2v) is 6.36. The van der Waals surface area contributed by atoms with Gasteiger partial charge >= 0.3 is 6.18 Å². The summed E-state index contributed by atoms with van der Waals surface area (Å²) in [5.41, 5.74) is 0.781. The highest BCUT2D eigenvalue weighted by atomic mass is 19.4. The number of amides is 1. The maximum Gasteiger partial charge on any atom is 0.416 e. The van der Waals surface area contributed by atoms with Gasteiger partial charge in [-0.2, -0.15) is 13.2 Å². The minimum Gasteiger partial charge on any atom is -0.459 e. The third-order valence-corrected chi connectivity index (χ3v) is 4.05. The van der Waals surface area contributed by atoms with Crippen LogP contribution in [0.4, 0.5) is 13.2 Å². The van der Waals surface area contributed by atoms with Crippen LogP contribution in [-0.4, -0.2) is 31.5 Å². The smallest absolute Gasteiger partial charge is 0.416 e. The van der Waals surface area contributed by atoms with Crippen molar-refractivity contribution in [1.82, 2.24) is 16.0 Å². The zero-order valence-electron chi connectivity index (χ0n) is 16.4. The van der Waals surface area contributed by atoms with E-state index in [-0.39, 0.29) is 12.5 Å². The summed E-state index contributed by atoms with van der Waals surface area (Å²) >= 11 is 0. The number of hydrogen-bond donors (Lipinski definition) is 3. The topological polar surface area (TPSA) is 78.7 Å². The molecule has 29 heavy (non-hydrogen) atoms. The van der Waals surface area contributed by atoms with Crippen molar-refractivity contribution in [2.75, 3.05) is 19.6 Å². The maximum absolute atomic E-state index is 12.6. The van der Waals surface area contributed by atoms with Crippen LogP contribution < -0.4 is 16.0 Å². The number of carbonyl (C=O) groups is 1. The first kappa shape index (κ1) is 22.3. The molecule has 3 N–H and O–H groups in total. The molecule has 1 amide bonds. The molecule has 0 fully saturated rings. The van der Waals surface area contributed by atoms with E-state index in [9.17, 15) is 18.0 Å². The molecule has 0 aliphatic carbocycles. The van der Waals surface area contributed by atoms with E-state index in [2.05, 4.69) is 20.9 Å². The van der Waals surface area contributed by atoms with E-state index < -0.39 is 11.7 Å². The Kier molecular flexibility index (Phi) is 8.11. The van der Waals surface area contributed by atoms with Crippen molar-refractivity contribution in [3.05, 3.63) is 59.0 Å². The molecule has 9 heteroatoms. The largest absolute Gasteiger partial charge is 0.459 e. The van der Waals surface area contributed by atoms with Gasteiger partial charge in [-0.3, -0.25) is 4.79 Å². The van der Waals surface area contributed by atoms with Crippen LogP contribution in [0.25, 0.3) is 0 Å². The van der Waals surface area contributed by atoms with Gasteiger partial charge in [0.1, 0.15) is 0 Å². The molecule has 0 unspecified atom stereocenters. The fraction of sp³-hybridized carbons (Fsp3) is 0.400. The summed E-state index contributed by atoms with van der Waals surface area (Å²) in [7, 11) is 0. The summed E-state index contributed by atoms with van der Waals surface area (Å²) in [5.74, 6) is 0.611. The van der Waals surface area contributed by atoms with Gasteiger partial charge in [0.05, 0.1) is 18.4 Å². The van der Waals surface area contributed by atoms with Crippen molar-refractivity contribution in [3.63, 3.8) is 0 Å². The molecule has 0 aliphatic heterocycles. The summed E-state index contributed by atoms with van der Waals surface area (Å²) in [6, 6.07) is 6.67. The highest BCUT2D eigenvalue weighted by Crippen LogP contribution is 2.29. The molecule has 0 saturated heterocycles. The number of halogens is 3. The van der Waals surface area contributed by atoms with Crippen LogP contribution in [-0.2, 0) is 12.7 Å². The fourth-order valence-corrected chi connectivity index (χ4v) is 2.49. The van der Waals surface area contributed by atoms with Crippen LogP contribution in [0.15, 0.2) is 46.0 Å². The number of nitrogens with one attached hydrogen (secondary N) is 3. The highest BCUT2D eigenvalue weighted by molar-refractivity contribution is 5.92. The SMILES string of the molecule is CCNC(=NCc1ccc(C(F)(F)F)cc1)NCCCNC(=O)c1occc1C. The van der Waals surface area contributed by atoms with Gasteiger partial charge in [0.25, 0.3) is 5.91 Å². The number of nitrogens with zero attached hydrogens (tertiary/aromatic N) is 1. The monoisotopic (exact) mass is 410 g/mol. The molecule has 158 valence electrons. The van der Waals surface area contributed by atoms with E-state index in [4.69, 9.17) is 4.42 Å². The van der Waals surface area contributed by atoms with Gasteiger partial charge in [0, 0.05) is 25.2 Å². The lowest BCUT2D eigenvalue weighted by Gasteiger charge is -2.12. The third-order valence-electron chi connectivity index (χ3n) is 4.05. The number of guanidine groups is 1.